The first kappa shape index (κ1) is 18.6. The molecule has 1 aliphatic rings. The van der Waals surface area contributed by atoms with Gasteiger partial charge in [0.05, 0.1) is 5.56 Å². The minimum Gasteiger partial charge on any atom is -0.444 e. The lowest BCUT2D eigenvalue weighted by molar-refractivity contribution is -0.137. The van der Waals surface area contributed by atoms with Gasteiger partial charge >= 0.3 is 12.3 Å². The summed E-state index contributed by atoms with van der Waals surface area (Å²) in [5, 5.41) is 0. The summed E-state index contributed by atoms with van der Waals surface area (Å²) >= 11 is 0. The molecule has 2 atom stereocenters. The number of alkyl halides is 3. The van der Waals surface area contributed by atoms with Gasteiger partial charge in [0.1, 0.15) is 5.60 Å². The fourth-order valence-electron chi connectivity index (χ4n) is 2.88. The topological polar surface area (TPSA) is 55.6 Å². The molecule has 1 amide bonds. The molecule has 0 saturated carbocycles. The molecule has 0 aliphatic carbocycles. The van der Waals surface area contributed by atoms with Gasteiger partial charge in [-0.1, -0.05) is 12.1 Å². The van der Waals surface area contributed by atoms with Crippen LogP contribution in [0.2, 0.25) is 0 Å². The third-order valence-electron chi connectivity index (χ3n) is 4.06. The van der Waals surface area contributed by atoms with Crippen molar-refractivity contribution in [3.05, 3.63) is 35.4 Å². The van der Waals surface area contributed by atoms with Crippen LogP contribution in [-0.4, -0.2) is 36.2 Å². The van der Waals surface area contributed by atoms with Crippen LogP contribution in [0.15, 0.2) is 24.3 Å². The first-order valence-corrected chi connectivity index (χ1v) is 7.86. The Morgan fingerprint density at radius 1 is 1.21 bits per heavy atom. The molecule has 24 heavy (non-hydrogen) atoms. The van der Waals surface area contributed by atoms with Crippen molar-refractivity contribution < 1.29 is 22.7 Å². The smallest absolute Gasteiger partial charge is 0.416 e. The number of ether oxygens (including phenoxy) is 1. The summed E-state index contributed by atoms with van der Waals surface area (Å²) in [7, 11) is 0. The Bertz CT molecular complexity index is 579. The number of hydrogen-bond donors (Lipinski definition) is 1. The standard InChI is InChI=1S/C17H23F3N2O2/c1-16(2,3)24-15(23)22-9-12(8-21)14(10-22)11-4-6-13(7-5-11)17(18,19)20/h4-7,12,14H,8-10,21H2,1-3H3/t12-,14+/m1/s1. The summed E-state index contributed by atoms with van der Waals surface area (Å²) in [6.45, 7) is 6.54. The molecular formula is C17H23F3N2O2. The van der Waals surface area contributed by atoms with Gasteiger partial charge in [0.2, 0.25) is 0 Å². The minimum absolute atomic E-state index is 0.00532. The number of halogens is 3. The molecule has 0 spiro atoms. The molecule has 1 fully saturated rings. The second kappa shape index (κ2) is 6.63. The highest BCUT2D eigenvalue weighted by atomic mass is 19.4. The van der Waals surface area contributed by atoms with E-state index in [0.29, 0.717) is 19.6 Å². The highest BCUT2D eigenvalue weighted by Gasteiger charge is 2.37. The van der Waals surface area contributed by atoms with Crippen molar-refractivity contribution in [2.75, 3.05) is 19.6 Å². The summed E-state index contributed by atoms with van der Waals surface area (Å²) in [5.74, 6) is -0.0981. The van der Waals surface area contributed by atoms with Crippen LogP contribution < -0.4 is 5.73 Å². The van der Waals surface area contributed by atoms with Gasteiger partial charge in [0.25, 0.3) is 0 Å². The molecule has 134 valence electrons. The highest BCUT2D eigenvalue weighted by molar-refractivity contribution is 5.68. The molecule has 1 aromatic rings. The van der Waals surface area contributed by atoms with Gasteiger partial charge in [-0.05, 0) is 50.9 Å². The van der Waals surface area contributed by atoms with Crippen molar-refractivity contribution >= 4 is 6.09 Å². The zero-order valence-electron chi connectivity index (χ0n) is 14.1. The van der Waals surface area contributed by atoms with Crippen LogP contribution in [-0.2, 0) is 10.9 Å². The summed E-state index contributed by atoms with van der Waals surface area (Å²) in [5.41, 5.74) is 5.27. The average Bonchev–Trinajstić information content (AvgIpc) is 2.89. The van der Waals surface area contributed by atoms with E-state index >= 15 is 0 Å². The highest BCUT2D eigenvalue weighted by Crippen LogP contribution is 2.35. The average molecular weight is 344 g/mol. The zero-order chi connectivity index (χ0) is 18.1. The predicted octanol–water partition coefficient (Wildman–Crippen LogP) is 3.61. The van der Waals surface area contributed by atoms with E-state index in [0.717, 1.165) is 17.7 Å². The SMILES string of the molecule is CC(C)(C)OC(=O)N1C[C@@H](CN)[C@H](c2ccc(C(F)(F)F)cc2)C1. The maximum Gasteiger partial charge on any atom is 0.416 e. The minimum atomic E-state index is -4.36. The van der Waals surface area contributed by atoms with Crippen LogP contribution in [0.25, 0.3) is 0 Å². The molecule has 0 unspecified atom stereocenters. The Morgan fingerprint density at radius 3 is 2.25 bits per heavy atom. The summed E-state index contributed by atoms with van der Waals surface area (Å²) in [6, 6.07) is 5.07. The lowest BCUT2D eigenvalue weighted by atomic mass is 9.88. The number of rotatable bonds is 2. The first-order chi connectivity index (χ1) is 11.0. The van der Waals surface area contributed by atoms with Crippen LogP contribution in [0, 0.1) is 5.92 Å². The van der Waals surface area contributed by atoms with Gasteiger partial charge in [-0.25, -0.2) is 4.79 Å². The fourth-order valence-corrected chi connectivity index (χ4v) is 2.88. The molecule has 1 heterocycles. The third-order valence-corrected chi connectivity index (χ3v) is 4.06. The second-order valence-corrected chi connectivity index (χ2v) is 7.11. The predicted molar refractivity (Wildman–Crippen MR) is 84.5 cm³/mol. The number of likely N-dealkylation sites (tertiary alicyclic amines) is 1. The molecular weight excluding hydrogens is 321 g/mol. The van der Waals surface area contributed by atoms with Gasteiger partial charge in [0.15, 0.2) is 0 Å². The van der Waals surface area contributed by atoms with Gasteiger partial charge in [0, 0.05) is 19.0 Å². The molecule has 1 aromatic carbocycles. The number of benzene rings is 1. The number of carbonyl (C=O) groups excluding carboxylic acids is 1. The van der Waals surface area contributed by atoms with Crippen molar-refractivity contribution in [3.63, 3.8) is 0 Å². The van der Waals surface area contributed by atoms with Gasteiger partial charge in [-0.3, -0.25) is 0 Å². The molecule has 4 nitrogen and oxygen atoms in total. The molecule has 1 aliphatic heterocycles. The van der Waals surface area contributed by atoms with Crippen molar-refractivity contribution in [3.8, 4) is 0 Å². The van der Waals surface area contributed by atoms with Crippen molar-refractivity contribution in [2.24, 2.45) is 11.7 Å². The molecule has 7 heteroatoms. The Labute approximate surface area is 139 Å². The van der Waals surface area contributed by atoms with E-state index in [-0.39, 0.29) is 11.8 Å². The molecule has 0 radical (unpaired) electrons. The van der Waals surface area contributed by atoms with Gasteiger partial charge in [-0.2, -0.15) is 13.2 Å². The number of carbonyl (C=O) groups is 1. The number of nitrogens with two attached hydrogens (primary N) is 1. The molecule has 2 rings (SSSR count). The van der Waals surface area contributed by atoms with E-state index in [1.165, 1.54) is 12.1 Å². The maximum atomic E-state index is 12.7. The van der Waals surface area contributed by atoms with Crippen LogP contribution in [0.5, 0.6) is 0 Å². The summed E-state index contributed by atoms with van der Waals surface area (Å²) in [6.07, 6.45) is -4.78. The van der Waals surface area contributed by atoms with E-state index in [2.05, 4.69) is 0 Å². The van der Waals surface area contributed by atoms with Crippen molar-refractivity contribution in [2.45, 2.75) is 38.5 Å². The Kier molecular flexibility index (Phi) is 5.13. The zero-order valence-corrected chi connectivity index (χ0v) is 14.1. The lowest BCUT2D eigenvalue weighted by Gasteiger charge is -2.24. The fraction of sp³-hybridized carbons (Fsp3) is 0.588. The monoisotopic (exact) mass is 344 g/mol. The third kappa shape index (κ3) is 4.41. The van der Waals surface area contributed by atoms with E-state index in [4.69, 9.17) is 10.5 Å². The van der Waals surface area contributed by atoms with Crippen molar-refractivity contribution in [1.29, 1.82) is 0 Å². The van der Waals surface area contributed by atoms with E-state index in [1.54, 1.807) is 25.7 Å². The van der Waals surface area contributed by atoms with Crippen LogP contribution in [0.4, 0.5) is 18.0 Å². The number of amides is 1. The normalized spacial score (nSPS) is 21.9. The number of hydrogen-bond acceptors (Lipinski definition) is 3. The van der Waals surface area contributed by atoms with Crippen LogP contribution in [0.1, 0.15) is 37.8 Å². The van der Waals surface area contributed by atoms with E-state index in [9.17, 15) is 18.0 Å². The second-order valence-electron chi connectivity index (χ2n) is 7.11. The Hall–Kier alpha value is -1.76. The number of nitrogens with zero attached hydrogens (tertiary/aromatic N) is 1. The quantitative estimate of drug-likeness (QED) is 0.892. The van der Waals surface area contributed by atoms with E-state index < -0.39 is 23.4 Å². The Morgan fingerprint density at radius 2 is 1.79 bits per heavy atom. The van der Waals surface area contributed by atoms with Gasteiger partial charge < -0.3 is 15.4 Å². The van der Waals surface area contributed by atoms with E-state index in [1.807, 2.05) is 0 Å². The lowest BCUT2D eigenvalue weighted by Crippen LogP contribution is -2.35. The molecule has 0 aromatic heterocycles. The molecule has 2 N–H and O–H groups in total. The first-order valence-electron chi connectivity index (χ1n) is 7.86. The van der Waals surface area contributed by atoms with Crippen LogP contribution in [0.3, 0.4) is 0 Å². The maximum absolute atomic E-state index is 12.7. The van der Waals surface area contributed by atoms with Gasteiger partial charge in [-0.15, -0.1) is 0 Å². The summed E-state index contributed by atoms with van der Waals surface area (Å²) in [4.78, 5) is 13.8. The molecule has 1 saturated heterocycles. The van der Waals surface area contributed by atoms with Crippen molar-refractivity contribution in [1.82, 2.24) is 4.90 Å². The Balaban J connectivity index is 2.14. The van der Waals surface area contributed by atoms with Crippen LogP contribution >= 0.6 is 0 Å². The largest absolute Gasteiger partial charge is 0.444 e. The molecule has 0 bridgehead atoms. The summed E-state index contributed by atoms with van der Waals surface area (Å²) < 4.78 is 43.4.